The molecule has 0 bridgehead atoms. The van der Waals surface area contributed by atoms with E-state index in [0.29, 0.717) is 5.56 Å². The lowest BCUT2D eigenvalue weighted by Gasteiger charge is -2.12. The van der Waals surface area contributed by atoms with Crippen molar-refractivity contribution in [3.63, 3.8) is 0 Å². The van der Waals surface area contributed by atoms with E-state index in [1.165, 1.54) is 0 Å². The fourth-order valence-electron chi connectivity index (χ4n) is 1.98. The number of nitrogens with one attached hydrogen (secondary N) is 2. The fraction of sp³-hybridized carbons (Fsp3) is 0.235. The van der Waals surface area contributed by atoms with Gasteiger partial charge in [-0.1, -0.05) is 36.8 Å². The van der Waals surface area contributed by atoms with E-state index < -0.39 is 0 Å². The van der Waals surface area contributed by atoms with E-state index in [9.17, 15) is 4.79 Å². The molecule has 0 radical (unpaired) electrons. The third kappa shape index (κ3) is 3.60. The number of hydrogen-bond acceptors (Lipinski definition) is 2. The molecule has 20 heavy (non-hydrogen) atoms. The highest BCUT2D eigenvalue weighted by Gasteiger charge is 2.11. The average molecular weight is 268 g/mol. The third-order valence-corrected chi connectivity index (χ3v) is 3.02. The van der Waals surface area contributed by atoms with Crippen LogP contribution in [0.3, 0.4) is 0 Å². The van der Waals surface area contributed by atoms with Crippen molar-refractivity contribution in [3.05, 3.63) is 59.7 Å². The number of aryl methyl sites for hydroxylation is 1. The van der Waals surface area contributed by atoms with Crippen molar-refractivity contribution in [2.24, 2.45) is 0 Å². The van der Waals surface area contributed by atoms with Crippen molar-refractivity contribution in [2.45, 2.75) is 20.3 Å². The van der Waals surface area contributed by atoms with Crippen LogP contribution in [0.25, 0.3) is 0 Å². The van der Waals surface area contributed by atoms with Gasteiger partial charge in [-0.3, -0.25) is 4.79 Å². The molecule has 2 aromatic rings. The SMILES string of the molecule is CCCNc1ccc(C)cc1C(=O)Nc1ccccc1. The van der Waals surface area contributed by atoms with Crippen LogP contribution < -0.4 is 10.6 Å². The molecule has 0 aromatic heterocycles. The van der Waals surface area contributed by atoms with Gasteiger partial charge in [-0.05, 0) is 37.6 Å². The number of rotatable bonds is 5. The quantitative estimate of drug-likeness (QED) is 0.858. The molecule has 3 nitrogen and oxygen atoms in total. The van der Waals surface area contributed by atoms with Crippen molar-refractivity contribution >= 4 is 17.3 Å². The number of carbonyl (C=O) groups is 1. The Morgan fingerprint density at radius 2 is 1.85 bits per heavy atom. The van der Waals surface area contributed by atoms with Gasteiger partial charge in [-0.25, -0.2) is 0 Å². The Hall–Kier alpha value is -2.29. The van der Waals surface area contributed by atoms with Crippen LogP contribution in [0.5, 0.6) is 0 Å². The average Bonchev–Trinajstić information content (AvgIpc) is 2.47. The maximum atomic E-state index is 12.4. The van der Waals surface area contributed by atoms with E-state index >= 15 is 0 Å². The topological polar surface area (TPSA) is 41.1 Å². The molecule has 0 aliphatic heterocycles. The first-order valence-corrected chi connectivity index (χ1v) is 6.91. The zero-order valence-electron chi connectivity index (χ0n) is 11.9. The Kier molecular flexibility index (Phi) is 4.77. The predicted molar refractivity (Wildman–Crippen MR) is 84.4 cm³/mol. The summed E-state index contributed by atoms with van der Waals surface area (Å²) in [7, 11) is 0. The molecule has 2 rings (SSSR count). The van der Waals surface area contributed by atoms with Gasteiger partial charge >= 0.3 is 0 Å². The summed E-state index contributed by atoms with van der Waals surface area (Å²) in [6, 6.07) is 15.4. The third-order valence-electron chi connectivity index (χ3n) is 3.02. The Balaban J connectivity index is 2.21. The molecular weight excluding hydrogens is 248 g/mol. The van der Waals surface area contributed by atoms with Crippen LogP contribution in [-0.4, -0.2) is 12.5 Å². The van der Waals surface area contributed by atoms with Gasteiger partial charge in [0.25, 0.3) is 5.91 Å². The Labute approximate surface area is 120 Å². The summed E-state index contributed by atoms with van der Waals surface area (Å²) in [6.07, 6.45) is 1.02. The summed E-state index contributed by atoms with van der Waals surface area (Å²) in [5, 5.41) is 6.22. The molecule has 0 spiro atoms. The molecule has 2 N–H and O–H groups in total. The summed E-state index contributed by atoms with van der Waals surface area (Å²) >= 11 is 0. The van der Waals surface area contributed by atoms with E-state index in [1.807, 2.05) is 55.5 Å². The molecule has 0 unspecified atom stereocenters. The highest BCUT2D eigenvalue weighted by atomic mass is 16.1. The first kappa shape index (κ1) is 14.1. The minimum Gasteiger partial charge on any atom is -0.384 e. The van der Waals surface area contributed by atoms with Crippen LogP contribution in [0, 0.1) is 6.92 Å². The van der Waals surface area contributed by atoms with Crippen LogP contribution in [0.15, 0.2) is 48.5 Å². The second kappa shape index (κ2) is 6.75. The van der Waals surface area contributed by atoms with Crippen LogP contribution in [0.2, 0.25) is 0 Å². The summed E-state index contributed by atoms with van der Waals surface area (Å²) in [6.45, 7) is 4.95. The predicted octanol–water partition coefficient (Wildman–Crippen LogP) is 4.07. The Morgan fingerprint density at radius 3 is 2.55 bits per heavy atom. The molecule has 0 saturated heterocycles. The first-order valence-electron chi connectivity index (χ1n) is 6.91. The zero-order valence-corrected chi connectivity index (χ0v) is 11.9. The number of anilines is 2. The van der Waals surface area contributed by atoms with Gasteiger partial charge in [-0.15, -0.1) is 0 Å². The van der Waals surface area contributed by atoms with Gasteiger partial charge in [0.05, 0.1) is 5.56 Å². The molecule has 104 valence electrons. The van der Waals surface area contributed by atoms with Crippen LogP contribution in [0.4, 0.5) is 11.4 Å². The van der Waals surface area contributed by atoms with Gasteiger partial charge in [-0.2, -0.15) is 0 Å². The molecule has 0 heterocycles. The lowest BCUT2D eigenvalue weighted by atomic mass is 10.1. The minimum absolute atomic E-state index is 0.0847. The highest BCUT2D eigenvalue weighted by molar-refractivity contribution is 6.08. The molecule has 3 heteroatoms. The standard InChI is InChI=1S/C17H20N2O/c1-3-11-18-16-10-9-13(2)12-15(16)17(20)19-14-7-5-4-6-8-14/h4-10,12,18H,3,11H2,1-2H3,(H,19,20). The number of carbonyl (C=O) groups excluding carboxylic acids is 1. The lowest BCUT2D eigenvalue weighted by molar-refractivity contribution is 0.102. The molecule has 2 aromatic carbocycles. The molecular formula is C17H20N2O. The van der Waals surface area contributed by atoms with Crippen molar-refractivity contribution in [3.8, 4) is 0 Å². The van der Waals surface area contributed by atoms with E-state index in [-0.39, 0.29) is 5.91 Å². The largest absolute Gasteiger partial charge is 0.384 e. The summed E-state index contributed by atoms with van der Waals surface area (Å²) < 4.78 is 0. The molecule has 0 atom stereocenters. The van der Waals surface area contributed by atoms with Gasteiger partial charge in [0.2, 0.25) is 0 Å². The number of hydrogen-bond donors (Lipinski definition) is 2. The lowest BCUT2D eigenvalue weighted by Crippen LogP contribution is -2.15. The van der Waals surface area contributed by atoms with Crippen LogP contribution in [0.1, 0.15) is 29.3 Å². The van der Waals surface area contributed by atoms with Gasteiger partial charge in [0.15, 0.2) is 0 Å². The highest BCUT2D eigenvalue weighted by Crippen LogP contribution is 2.19. The number of benzene rings is 2. The van der Waals surface area contributed by atoms with Crippen molar-refractivity contribution in [1.29, 1.82) is 0 Å². The van der Waals surface area contributed by atoms with Crippen molar-refractivity contribution in [1.82, 2.24) is 0 Å². The molecule has 1 amide bonds. The van der Waals surface area contributed by atoms with Gasteiger partial charge < -0.3 is 10.6 Å². The number of para-hydroxylation sites is 1. The summed E-state index contributed by atoms with van der Waals surface area (Å²) in [5.41, 5.74) is 3.44. The monoisotopic (exact) mass is 268 g/mol. The van der Waals surface area contributed by atoms with Gasteiger partial charge in [0, 0.05) is 17.9 Å². The molecule has 0 aliphatic carbocycles. The molecule has 0 fully saturated rings. The van der Waals surface area contributed by atoms with Crippen molar-refractivity contribution in [2.75, 3.05) is 17.2 Å². The summed E-state index contributed by atoms with van der Waals surface area (Å²) in [4.78, 5) is 12.4. The normalized spacial score (nSPS) is 10.1. The van der Waals surface area contributed by atoms with E-state index in [2.05, 4.69) is 17.6 Å². The van der Waals surface area contributed by atoms with E-state index in [0.717, 1.165) is 29.9 Å². The first-order chi connectivity index (χ1) is 9.70. The van der Waals surface area contributed by atoms with Crippen LogP contribution in [-0.2, 0) is 0 Å². The second-order valence-corrected chi connectivity index (χ2v) is 4.80. The summed E-state index contributed by atoms with van der Waals surface area (Å²) in [5.74, 6) is -0.0847. The zero-order chi connectivity index (χ0) is 14.4. The van der Waals surface area contributed by atoms with Crippen LogP contribution >= 0.6 is 0 Å². The maximum absolute atomic E-state index is 12.4. The minimum atomic E-state index is -0.0847. The fourth-order valence-corrected chi connectivity index (χ4v) is 1.98. The van der Waals surface area contributed by atoms with E-state index in [4.69, 9.17) is 0 Å². The molecule has 0 saturated carbocycles. The maximum Gasteiger partial charge on any atom is 0.257 e. The number of amides is 1. The van der Waals surface area contributed by atoms with E-state index in [1.54, 1.807) is 0 Å². The van der Waals surface area contributed by atoms with Gasteiger partial charge in [0.1, 0.15) is 0 Å². The van der Waals surface area contributed by atoms with Crippen molar-refractivity contribution < 1.29 is 4.79 Å². The smallest absolute Gasteiger partial charge is 0.257 e. The Bertz CT molecular complexity index is 579. The Morgan fingerprint density at radius 1 is 1.10 bits per heavy atom. The second-order valence-electron chi connectivity index (χ2n) is 4.80. The molecule has 0 aliphatic rings.